The molecule has 1 rings (SSSR count). The van der Waals surface area contributed by atoms with Crippen LogP contribution in [0, 0.1) is 18.8 Å². The van der Waals surface area contributed by atoms with Crippen LogP contribution in [0.5, 0.6) is 0 Å². The van der Waals surface area contributed by atoms with Gasteiger partial charge in [0.05, 0.1) is 0 Å². The lowest BCUT2D eigenvalue weighted by Gasteiger charge is -2.18. The first-order valence-corrected chi connectivity index (χ1v) is 8.25. The van der Waals surface area contributed by atoms with E-state index < -0.39 is 0 Å². The fourth-order valence-electron chi connectivity index (χ4n) is 2.85. The zero-order valence-electron chi connectivity index (χ0n) is 14.3. The van der Waals surface area contributed by atoms with E-state index in [1.807, 2.05) is 6.08 Å². The van der Waals surface area contributed by atoms with Gasteiger partial charge in [-0.1, -0.05) is 70.5 Å². The van der Waals surface area contributed by atoms with Crippen LogP contribution in [0.4, 0.5) is 0 Å². The average molecular weight is 303 g/mol. The molecule has 0 N–H and O–H groups in total. The molecule has 0 unspecified atom stereocenters. The minimum Gasteiger partial charge on any atom is -0.295 e. The highest BCUT2D eigenvalue weighted by molar-refractivity contribution is 5.90. The third kappa shape index (κ3) is 7.06. The molecule has 0 aliphatic carbocycles. The molecule has 0 saturated heterocycles. The lowest BCUT2D eigenvalue weighted by molar-refractivity contribution is -0.115. The molecule has 0 aromatic heterocycles. The molecule has 1 heteroatoms. The minimum absolute atomic E-state index is 0. The summed E-state index contributed by atoms with van der Waals surface area (Å²) >= 11 is 0. The fraction of sp³-hybridized carbons (Fsp3) is 0.571. The maximum Gasteiger partial charge on any atom is 0.155 e. The molecule has 1 aromatic carbocycles. The SMILES string of the molecule is C.CCC(CC)/C(=C\C(=O)CC(C)C)Cc1cccc(C)c1. The van der Waals surface area contributed by atoms with Gasteiger partial charge in [-0.2, -0.15) is 0 Å². The number of aryl methyl sites for hydroxylation is 1. The van der Waals surface area contributed by atoms with Crippen molar-refractivity contribution >= 4 is 5.78 Å². The molecule has 0 aliphatic rings. The number of rotatable bonds is 8. The third-order valence-electron chi connectivity index (χ3n) is 3.96. The van der Waals surface area contributed by atoms with Crippen LogP contribution in [-0.2, 0) is 11.2 Å². The Kier molecular flexibility index (Phi) is 9.73. The summed E-state index contributed by atoms with van der Waals surface area (Å²) in [5.74, 6) is 1.22. The number of carbonyl (C=O) groups excluding carboxylic acids is 1. The smallest absolute Gasteiger partial charge is 0.155 e. The summed E-state index contributed by atoms with van der Waals surface area (Å²) in [6, 6.07) is 8.61. The first-order valence-electron chi connectivity index (χ1n) is 8.25. The zero-order chi connectivity index (χ0) is 15.8. The summed E-state index contributed by atoms with van der Waals surface area (Å²) < 4.78 is 0. The quantitative estimate of drug-likeness (QED) is 0.526. The Morgan fingerprint density at radius 3 is 2.32 bits per heavy atom. The minimum atomic E-state index is 0. The normalized spacial score (nSPS) is 11.7. The van der Waals surface area contributed by atoms with Crippen molar-refractivity contribution in [3.8, 4) is 0 Å². The lowest BCUT2D eigenvalue weighted by Crippen LogP contribution is -2.09. The third-order valence-corrected chi connectivity index (χ3v) is 3.96. The molecule has 0 radical (unpaired) electrons. The molecule has 0 fully saturated rings. The van der Waals surface area contributed by atoms with E-state index in [-0.39, 0.29) is 13.2 Å². The van der Waals surface area contributed by atoms with E-state index in [9.17, 15) is 4.79 Å². The predicted octanol–water partition coefficient (Wildman–Crippen LogP) is 6.15. The van der Waals surface area contributed by atoms with E-state index in [1.54, 1.807) is 0 Å². The monoisotopic (exact) mass is 302 g/mol. The Morgan fingerprint density at radius 2 is 1.82 bits per heavy atom. The van der Waals surface area contributed by atoms with E-state index >= 15 is 0 Å². The molecule has 0 heterocycles. The van der Waals surface area contributed by atoms with Gasteiger partial charge in [-0.25, -0.2) is 0 Å². The Labute approximate surface area is 137 Å². The number of hydrogen-bond acceptors (Lipinski definition) is 1. The van der Waals surface area contributed by atoms with E-state index in [0.29, 0.717) is 18.3 Å². The highest BCUT2D eigenvalue weighted by atomic mass is 16.1. The molecule has 0 amide bonds. The van der Waals surface area contributed by atoms with Crippen molar-refractivity contribution in [3.05, 3.63) is 47.0 Å². The number of benzene rings is 1. The van der Waals surface area contributed by atoms with Gasteiger partial charge in [0.1, 0.15) is 0 Å². The number of ketones is 1. The van der Waals surface area contributed by atoms with Gasteiger partial charge >= 0.3 is 0 Å². The molecule has 0 aliphatic heterocycles. The molecule has 1 aromatic rings. The van der Waals surface area contributed by atoms with Crippen LogP contribution >= 0.6 is 0 Å². The molecule has 0 saturated carbocycles. The van der Waals surface area contributed by atoms with Crippen molar-refractivity contribution < 1.29 is 4.79 Å². The summed E-state index contributed by atoms with van der Waals surface area (Å²) in [5.41, 5.74) is 3.90. The largest absolute Gasteiger partial charge is 0.295 e. The standard InChI is InChI=1S/C20H30O.CH4/c1-6-18(7-2)19(14-20(21)11-15(3)4)13-17-10-8-9-16(5)12-17;/h8-10,12,14-15,18H,6-7,11,13H2,1-5H3;1H4/b19-14-;. The highest BCUT2D eigenvalue weighted by Gasteiger charge is 2.13. The predicted molar refractivity (Wildman–Crippen MR) is 98.2 cm³/mol. The Balaban J connectivity index is 0.00000441. The first-order chi connectivity index (χ1) is 9.96. The zero-order valence-corrected chi connectivity index (χ0v) is 14.3. The molecular weight excluding hydrogens is 268 g/mol. The van der Waals surface area contributed by atoms with Crippen molar-refractivity contribution in [2.45, 2.75) is 67.7 Å². The molecule has 124 valence electrons. The lowest BCUT2D eigenvalue weighted by atomic mass is 9.87. The highest BCUT2D eigenvalue weighted by Crippen LogP contribution is 2.24. The van der Waals surface area contributed by atoms with Crippen molar-refractivity contribution in [1.29, 1.82) is 0 Å². The van der Waals surface area contributed by atoms with Gasteiger partial charge in [-0.15, -0.1) is 0 Å². The van der Waals surface area contributed by atoms with Crippen LogP contribution in [0.1, 0.15) is 65.5 Å². The summed E-state index contributed by atoms with van der Waals surface area (Å²) in [6.07, 6.45) is 5.68. The van der Waals surface area contributed by atoms with Crippen LogP contribution in [0.3, 0.4) is 0 Å². The van der Waals surface area contributed by atoms with Gasteiger partial charge in [0.25, 0.3) is 0 Å². The molecular formula is C21H34O. The van der Waals surface area contributed by atoms with Crippen LogP contribution in [-0.4, -0.2) is 5.78 Å². The van der Waals surface area contributed by atoms with Gasteiger partial charge < -0.3 is 0 Å². The molecule has 0 bridgehead atoms. The second-order valence-electron chi connectivity index (χ2n) is 6.46. The maximum atomic E-state index is 12.2. The first kappa shape index (κ1) is 20.6. The maximum absolute atomic E-state index is 12.2. The van der Waals surface area contributed by atoms with E-state index in [4.69, 9.17) is 0 Å². The number of hydrogen-bond donors (Lipinski definition) is 0. The molecule has 22 heavy (non-hydrogen) atoms. The average Bonchev–Trinajstić information content (AvgIpc) is 2.38. The van der Waals surface area contributed by atoms with Gasteiger partial charge in [-0.3, -0.25) is 4.79 Å². The van der Waals surface area contributed by atoms with Crippen LogP contribution in [0.15, 0.2) is 35.9 Å². The Bertz CT molecular complexity index is 478. The van der Waals surface area contributed by atoms with Gasteiger partial charge in [0.2, 0.25) is 0 Å². The fourth-order valence-corrected chi connectivity index (χ4v) is 2.85. The van der Waals surface area contributed by atoms with Gasteiger partial charge in [-0.05, 0) is 49.7 Å². The Hall–Kier alpha value is -1.37. The number of carbonyl (C=O) groups is 1. The van der Waals surface area contributed by atoms with Gasteiger partial charge in [0, 0.05) is 6.42 Å². The van der Waals surface area contributed by atoms with Crippen molar-refractivity contribution in [3.63, 3.8) is 0 Å². The second kappa shape index (κ2) is 10.4. The van der Waals surface area contributed by atoms with Crippen molar-refractivity contribution in [2.75, 3.05) is 0 Å². The van der Waals surface area contributed by atoms with E-state index in [0.717, 1.165) is 19.3 Å². The Morgan fingerprint density at radius 1 is 1.18 bits per heavy atom. The second-order valence-corrected chi connectivity index (χ2v) is 6.46. The van der Waals surface area contributed by atoms with E-state index in [1.165, 1.54) is 16.7 Å². The molecule has 1 nitrogen and oxygen atoms in total. The van der Waals surface area contributed by atoms with Gasteiger partial charge in [0.15, 0.2) is 5.78 Å². The number of allylic oxidation sites excluding steroid dienone is 2. The van der Waals surface area contributed by atoms with Crippen LogP contribution in [0.2, 0.25) is 0 Å². The van der Waals surface area contributed by atoms with Crippen molar-refractivity contribution in [2.24, 2.45) is 11.8 Å². The topological polar surface area (TPSA) is 17.1 Å². The van der Waals surface area contributed by atoms with E-state index in [2.05, 4.69) is 58.9 Å². The van der Waals surface area contributed by atoms with Crippen LogP contribution in [0.25, 0.3) is 0 Å². The molecule has 0 atom stereocenters. The van der Waals surface area contributed by atoms with Crippen LogP contribution < -0.4 is 0 Å². The summed E-state index contributed by atoms with van der Waals surface area (Å²) in [5, 5.41) is 0. The summed E-state index contributed by atoms with van der Waals surface area (Å²) in [7, 11) is 0. The summed E-state index contributed by atoms with van der Waals surface area (Å²) in [4.78, 5) is 12.2. The molecule has 0 spiro atoms. The summed E-state index contributed by atoms with van der Waals surface area (Å²) in [6.45, 7) is 10.7. The van der Waals surface area contributed by atoms with Crippen molar-refractivity contribution in [1.82, 2.24) is 0 Å².